The van der Waals surface area contributed by atoms with Crippen LogP contribution in [0.1, 0.15) is 75.1 Å². The first kappa shape index (κ1) is 20.7. The molecule has 0 bridgehead atoms. The summed E-state index contributed by atoms with van der Waals surface area (Å²) in [4.78, 5) is 10.3. The molecule has 0 aromatic heterocycles. The predicted molar refractivity (Wildman–Crippen MR) is 108 cm³/mol. The molecule has 25 heavy (non-hydrogen) atoms. The highest BCUT2D eigenvalue weighted by Gasteiger charge is 2.25. The lowest BCUT2D eigenvalue weighted by Gasteiger charge is -2.24. The number of hydrogen-bond acceptors (Lipinski definition) is 2. The van der Waals surface area contributed by atoms with Gasteiger partial charge in [-0.1, -0.05) is 44.4 Å². The van der Waals surface area contributed by atoms with E-state index in [4.69, 9.17) is 0 Å². The monoisotopic (exact) mass is 365 g/mol. The van der Waals surface area contributed by atoms with Crippen LogP contribution in [-0.2, 0) is 11.0 Å². The van der Waals surface area contributed by atoms with Gasteiger partial charge in [0, 0.05) is 18.4 Å². The molecule has 0 spiro atoms. The van der Waals surface area contributed by atoms with Crippen LogP contribution in [-0.4, -0.2) is 23.8 Å². The van der Waals surface area contributed by atoms with E-state index in [1.807, 2.05) is 0 Å². The van der Waals surface area contributed by atoms with Gasteiger partial charge in [0.05, 0.1) is 0 Å². The molecule has 0 radical (unpaired) electrons. The lowest BCUT2D eigenvalue weighted by atomic mass is 9.91. The lowest BCUT2D eigenvalue weighted by Crippen LogP contribution is -2.21. The minimum Gasteiger partial charge on any atom is -0.344 e. The highest BCUT2D eigenvalue weighted by Crippen LogP contribution is 2.45. The standard InChI is InChI=1S/C21H36NO2P/c1-4-20-15-21(12-11-17(20)2)18(3)22-13-8-14-25(23,24)16-19-9-6-5-7-10-19/h11-12,15,18-19,22H,4-10,13-14,16H2,1-3H3,(H,23,24). The first-order chi connectivity index (χ1) is 11.9. The molecular formula is C21H36NO2P. The van der Waals surface area contributed by atoms with E-state index >= 15 is 0 Å². The quantitative estimate of drug-likeness (QED) is 0.452. The molecule has 1 aromatic rings. The van der Waals surface area contributed by atoms with E-state index < -0.39 is 7.37 Å². The minimum atomic E-state index is -2.95. The molecule has 1 aromatic carbocycles. The van der Waals surface area contributed by atoms with Gasteiger partial charge >= 0.3 is 0 Å². The largest absolute Gasteiger partial charge is 0.344 e. The van der Waals surface area contributed by atoms with E-state index in [-0.39, 0.29) is 6.04 Å². The van der Waals surface area contributed by atoms with E-state index in [1.54, 1.807) is 0 Å². The Labute approximate surface area is 154 Å². The van der Waals surface area contributed by atoms with Gasteiger partial charge < -0.3 is 10.2 Å². The summed E-state index contributed by atoms with van der Waals surface area (Å²) in [6, 6.07) is 6.94. The number of hydrogen-bond donors (Lipinski definition) is 2. The Morgan fingerprint density at radius 1 is 1.28 bits per heavy atom. The summed E-state index contributed by atoms with van der Waals surface area (Å²) in [7, 11) is -2.95. The van der Waals surface area contributed by atoms with Crippen LogP contribution in [0.3, 0.4) is 0 Å². The maximum absolute atomic E-state index is 12.4. The van der Waals surface area contributed by atoms with Crippen molar-refractivity contribution >= 4 is 7.37 Å². The zero-order valence-corrected chi connectivity index (χ0v) is 17.2. The average Bonchev–Trinajstić information content (AvgIpc) is 2.59. The smallest absolute Gasteiger partial charge is 0.200 e. The van der Waals surface area contributed by atoms with Gasteiger partial charge in [-0.15, -0.1) is 0 Å². The van der Waals surface area contributed by atoms with E-state index in [2.05, 4.69) is 44.3 Å². The Morgan fingerprint density at radius 3 is 2.68 bits per heavy atom. The summed E-state index contributed by atoms with van der Waals surface area (Å²) in [5.74, 6) is 0.483. The zero-order chi connectivity index (χ0) is 18.3. The Kier molecular flexibility index (Phi) is 8.19. The van der Waals surface area contributed by atoms with Crippen LogP contribution in [0.25, 0.3) is 0 Å². The predicted octanol–water partition coefficient (Wildman–Crippen LogP) is 5.45. The van der Waals surface area contributed by atoms with Gasteiger partial charge in [-0.25, -0.2) is 0 Å². The molecule has 1 aliphatic carbocycles. The number of rotatable bonds is 9. The summed E-state index contributed by atoms with van der Waals surface area (Å²) in [5, 5.41) is 3.51. The van der Waals surface area contributed by atoms with Crippen molar-refractivity contribution in [3.63, 3.8) is 0 Å². The molecular weight excluding hydrogens is 329 g/mol. The average molecular weight is 365 g/mol. The fourth-order valence-electron chi connectivity index (χ4n) is 3.97. The third kappa shape index (κ3) is 6.89. The molecule has 0 saturated heterocycles. The number of aryl methyl sites for hydroxylation is 2. The van der Waals surface area contributed by atoms with E-state index in [0.717, 1.165) is 32.2 Å². The second kappa shape index (κ2) is 9.90. The summed E-state index contributed by atoms with van der Waals surface area (Å²) in [5.41, 5.74) is 4.05. The Bertz CT molecular complexity index is 581. The lowest BCUT2D eigenvalue weighted by molar-refractivity contribution is 0.371. The van der Waals surface area contributed by atoms with Crippen LogP contribution in [0.2, 0.25) is 0 Å². The van der Waals surface area contributed by atoms with Crippen molar-refractivity contribution < 1.29 is 9.46 Å². The van der Waals surface area contributed by atoms with Gasteiger partial charge in [0.15, 0.2) is 0 Å². The molecule has 1 saturated carbocycles. The Morgan fingerprint density at radius 2 is 2.00 bits per heavy atom. The summed E-state index contributed by atoms with van der Waals surface area (Å²) >= 11 is 0. The van der Waals surface area contributed by atoms with E-state index in [1.165, 1.54) is 36.0 Å². The van der Waals surface area contributed by atoms with Gasteiger partial charge in [0.25, 0.3) is 0 Å². The van der Waals surface area contributed by atoms with Gasteiger partial charge in [-0.2, -0.15) is 0 Å². The Hall–Kier alpha value is -0.630. The molecule has 3 nitrogen and oxygen atoms in total. The van der Waals surface area contributed by atoms with Crippen LogP contribution in [0.15, 0.2) is 18.2 Å². The highest BCUT2D eigenvalue weighted by atomic mass is 31.2. The van der Waals surface area contributed by atoms with Crippen LogP contribution in [0.5, 0.6) is 0 Å². The van der Waals surface area contributed by atoms with Crippen LogP contribution in [0.4, 0.5) is 0 Å². The van der Waals surface area contributed by atoms with Crippen LogP contribution in [0, 0.1) is 12.8 Å². The fraction of sp³-hybridized carbons (Fsp3) is 0.714. The summed E-state index contributed by atoms with van der Waals surface area (Å²) < 4.78 is 12.4. The zero-order valence-electron chi connectivity index (χ0n) is 16.3. The van der Waals surface area contributed by atoms with Crippen molar-refractivity contribution in [1.82, 2.24) is 5.32 Å². The summed E-state index contributed by atoms with van der Waals surface area (Å²) in [6.07, 6.45) is 8.89. The molecule has 142 valence electrons. The van der Waals surface area contributed by atoms with E-state index in [0.29, 0.717) is 18.2 Å². The molecule has 0 amide bonds. The van der Waals surface area contributed by atoms with Gasteiger partial charge in [-0.3, -0.25) is 4.57 Å². The molecule has 2 N–H and O–H groups in total. The third-order valence-corrected chi connectivity index (χ3v) is 7.76. The maximum atomic E-state index is 12.4. The normalized spacial score (nSPS) is 19.5. The molecule has 2 atom stereocenters. The molecule has 1 aliphatic rings. The van der Waals surface area contributed by atoms with Crippen molar-refractivity contribution in [2.75, 3.05) is 18.9 Å². The molecule has 0 heterocycles. The SMILES string of the molecule is CCc1cc(C(C)NCCCP(=O)(O)CC2CCCCC2)ccc1C. The third-order valence-electron chi connectivity index (χ3n) is 5.66. The molecule has 2 rings (SSSR count). The van der Waals surface area contributed by atoms with Crippen LogP contribution >= 0.6 is 7.37 Å². The van der Waals surface area contributed by atoms with Crippen molar-refractivity contribution in [2.45, 2.75) is 71.8 Å². The topological polar surface area (TPSA) is 49.3 Å². The molecule has 1 fully saturated rings. The van der Waals surface area contributed by atoms with Crippen molar-refractivity contribution in [1.29, 1.82) is 0 Å². The minimum absolute atomic E-state index is 0.280. The number of nitrogens with one attached hydrogen (secondary N) is 1. The van der Waals surface area contributed by atoms with E-state index in [9.17, 15) is 9.46 Å². The molecule has 2 unspecified atom stereocenters. The summed E-state index contributed by atoms with van der Waals surface area (Å²) in [6.45, 7) is 7.32. The van der Waals surface area contributed by atoms with Gasteiger partial charge in [-0.05, 0) is 68.7 Å². The first-order valence-electron chi connectivity index (χ1n) is 10.0. The Balaban J connectivity index is 1.73. The highest BCUT2D eigenvalue weighted by molar-refractivity contribution is 7.57. The van der Waals surface area contributed by atoms with Crippen LogP contribution < -0.4 is 5.32 Å². The van der Waals surface area contributed by atoms with Gasteiger partial charge in [0.1, 0.15) is 0 Å². The second-order valence-corrected chi connectivity index (χ2v) is 10.3. The van der Waals surface area contributed by atoms with Crippen molar-refractivity contribution in [3.05, 3.63) is 34.9 Å². The maximum Gasteiger partial charge on any atom is 0.200 e. The van der Waals surface area contributed by atoms with Crippen molar-refractivity contribution in [3.8, 4) is 0 Å². The van der Waals surface area contributed by atoms with Gasteiger partial charge in [0.2, 0.25) is 7.37 Å². The fourth-order valence-corrected chi connectivity index (χ4v) is 5.98. The first-order valence-corrected chi connectivity index (χ1v) is 12.1. The molecule has 4 heteroatoms. The van der Waals surface area contributed by atoms with Crippen molar-refractivity contribution in [2.24, 2.45) is 5.92 Å². The molecule has 0 aliphatic heterocycles. The number of benzene rings is 1. The second-order valence-electron chi connectivity index (χ2n) is 7.83.